The summed E-state index contributed by atoms with van der Waals surface area (Å²) in [7, 11) is -3.60. The van der Waals surface area contributed by atoms with Crippen molar-refractivity contribution in [3.63, 3.8) is 0 Å². The lowest BCUT2D eigenvalue weighted by molar-refractivity contribution is -0.148. The fourth-order valence-electron chi connectivity index (χ4n) is 2.10. The highest BCUT2D eigenvalue weighted by atomic mass is 32.2. The summed E-state index contributed by atoms with van der Waals surface area (Å²) in [6, 6.07) is -0.211. The van der Waals surface area contributed by atoms with Gasteiger partial charge in [0.25, 0.3) is 10.2 Å². The van der Waals surface area contributed by atoms with E-state index in [2.05, 4.69) is 9.44 Å². The number of carboxylic acids is 1. The van der Waals surface area contributed by atoms with E-state index >= 15 is 0 Å². The second-order valence-corrected chi connectivity index (χ2v) is 6.42. The van der Waals surface area contributed by atoms with Crippen LogP contribution in [-0.4, -0.2) is 32.1 Å². The number of carboxylic acid groups (broad SMARTS) is 1. The first-order valence-corrected chi connectivity index (χ1v) is 7.26. The van der Waals surface area contributed by atoms with Crippen molar-refractivity contribution in [2.45, 2.75) is 45.6 Å². The van der Waals surface area contributed by atoms with E-state index in [0.29, 0.717) is 12.8 Å². The molecule has 1 aliphatic rings. The number of hydrogen-bond donors (Lipinski definition) is 3. The Labute approximate surface area is 102 Å². The molecular formula is C10H20N2O4S. The third-order valence-electron chi connectivity index (χ3n) is 3.01. The highest BCUT2D eigenvalue weighted by Gasteiger charge is 2.41. The number of rotatable bonds is 6. The highest BCUT2D eigenvalue weighted by molar-refractivity contribution is 7.87. The van der Waals surface area contributed by atoms with Gasteiger partial charge in [-0.15, -0.1) is 0 Å². The average Bonchev–Trinajstić information content (AvgIpc) is 2.62. The predicted molar refractivity (Wildman–Crippen MR) is 63.7 cm³/mol. The van der Waals surface area contributed by atoms with Crippen LogP contribution < -0.4 is 9.44 Å². The third kappa shape index (κ3) is 3.93. The Hall–Kier alpha value is -0.660. The fraction of sp³-hybridized carbons (Fsp3) is 0.900. The van der Waals surface area contributed by atoms with Gasteiger partial charge in [-0.3, -0.25) is 4.79 Å². The number of nitrogens with one attached hydrogen (secondary N) is 2. The van der Waals surface area contributed by atoms with Crippen LogP contribution in [0.5, 0.6) is 0 Å². The van der Waals surface area contributed by atoms with E-state index in [4.69, 9.17) is 0 Å². The zero-order valence-electron chi connectivity index (χ0n) is 10.2. The molecule has 0 aliphatic heterocycles. The maximum absolute atomic E-state index is 11.5. The molecule has 6 nitrogen and oxygen atoms in total. The molecule has 0 atom stereocenters. The SMILES string of the molecule is CC(C)NS(=O)(=O)NCC1(C(=O)O)CCCC1. The molecule has 1 rings (SSSR count). The normalized spacial score (nSPS) is 19.7. The van der Waals surface area contributed by atoms with Gasteiger partial charge in [-0.1, -0.05) is 12.8 Å². The minimum absolute atomic E-state index is 0.0373. The topological polar surface area (TPSA) is 95.5 Å². The van der Waals surface area contributed by atoms with Gasteiger partial charge in [0, 0.05) is 12.6 Å². The summed E-state index contributed by atoms with van der Waals surface area (Å²) in [5, 5.41) is 9.19. The standard InChI is InChI=1S/C10H20N2O4S/c1-8(2)12-17(15,16)11-7-10(9(13)14)5-3-4-6-10/h8,11-12H,3-7H2,1-2H3,(H,13,14). The van der Waals surface area contributed by atoms with Crippen LogP contribution in [-0.2, 0) is 15.0 Å². The molecule has 0 radical (unpaired) electrons. The minimum Gasteiger partial charge on any atom is -0.481 e. The Bertz CT molecular complexity index is 372. The molecule has 100 valence electrons. The molecule has 0 aromatic heterocycles. The largest absolute Gasteiger partial charge is 0.481 e. The Kier molecular flexibility index (Phi) is 4.51. The van der Waals surface area contributed by atoms with Crippen molar-refractivity contribution in [1.82, 2.24) is 9.44 Å². The molecule has 1 aliphatic carbocycles. The highest BCUT2D eigenvalue weighted by Crippen LogP contribution is 2.37. The van der Waals surface area contributed by atoms with Crippen LogP contribution in [0.15, 0.2) is 0 Å². The molecule has 1 saturated carbocycles. The summed E-state index contributed by atoms with van der Waals surface area (Å²) >= 11 is 0. The van der Waals surface area contributed by atoms with Gasteiger partial charge in [-0.25, -0.2) is 4.72 Å². The van der Waals surface area contributed by atoms with Gasteiger partial charge >= 0.3 is 5.97 Å². The van der Waals surface area contributed by atoms with Crippen LogP contribution in [0, 0.1) is 5.41 Å². The Morgan fingerprint density at radius 3 is 2.29 bits per heavy atom. The number of carbonyl (C=O) groups is 1. The molecule has 0 spiro atoms. The molecule has 7 heteroatoms. The third-order valence-corrected chi connectivity index (χ3v) is 4.31. The zero-order chi connectivity index (χ0) is 13.1. The van der Waals surface area contributed by atoms with Gasteiger partial charge < -0.3 is 5.11 Å². The molecular weight excluding hydrogens is 244 g/mol. The van der Waals surface area contributed by atoms with Crippen LogP contribution in [0.3, 0.4) is 0 Å². The molecule has 0 heterocycles. The number of hydrogen-bond acceptors (Lipinski definition) is 3. The molecule has 0 saturated heterocycles. The average molecular weight is 264 g/mol. The Balaban J connectivity index is 2.62. The maximum atomic E-state index is 11.5. The van der Waals surface area contributed by atoms with Crippen molar-refractivity contribution in [2.75, 3.05) is 6.54 Å². The summed E-state index contributed by atoms with van der Waals surface area (Å²) in [4.78, 5) is 11.2. The lowest BCUT2D eigenvalue weighted by atomic mass is 9.87. The monoisotopic (exact) mass is 264 g/mol. The summed E-state index contributed by atoms with van der Waals surface area (Å²) in [6.45, 7) is 3.38. The Morgan fingerprint density at radius 1 is 1.35 bits per heavy atom. The van der Waals surface area contributed by atoms with E-state index in [9.17, 15) is 18.3 Å². The van der Waals surface area contributed by atoms with Crippen LogP contribution in [0.4, 0.5) is 0 Å². The van der Waals surface area contributed by atoms with Gasteiger partial charge in [0.05, 0.1) is 5.41 Å². The summed E-state index contributed by atoms with van der Waals surface area (Å²) in [5.74, 6) is -0.915. The smallest absolute Gasteiger partial charge is 0.310 e. The first kappa shape index (κ1) is 14.4. The van der Waals surface area contributed by atoms with Crippen molar-refractivity contribution in [3.8, 4) is 0 Å². The van der Waals surface area contributed by atoms with Crippen LogP contribution in [0.2, 0.25) is 0 Å². The minimum atomic E-state index is -3.60. The molecule has 0 aromatic carbocycles. The van der Waals surface area contributed by atoms with E-state index in [1.54, 1.807) is 13.8 Å². The van der Waals surface area contributed by atoms with Gasteiger partial charge in [-0.2, -0.15) is 13.1 Å². The summed E-state index contributed by atoms with van der Waals surface area (Å²) in [6.07, 6.45) is 2.75. The summed E-state index contributed by atoms with van der Waals surface area (Å²) < 4.78 is 27.8. The maximum Gasteiger partial charge on any atom is 0.310 e. The van der Waals surface area contributed by atoms with Gasteiger partial charge in [0.15, 0.2) is 0 Å². The molecule has 3 N–H and O–H groups in total. The van der Waals surface area contributed by atoms with Gasteiger partial charge in [-0.05, 0) is 26.7 Å². The summed E-state index contributed by atoms with van der Waals surface area (Å²) in [5.41, 5.74) is -0.925. The second kappa shape index (κ2) is 5.32. The molecule has 17 heavy (non-hydrogen) atoms. The van der Waals surface area contributed by atoms with Gasteiger partial charge in [0.2, 0.25) is 0 Å². The molecule has 0 bridgehead atoms. The molecule has 0 amide bonds. The van der Waals surface area contributed by atoms with Crippen LogP contribution >= 0.6 is 0 Å². The molecule has 0 unspecified atom stereocenters. The Morgan fingerprint density at radius 2 is 1.88 bits per heavy atom. The van der Waals surface area contributed by atoms with E-state index in [1.165, 1.54) is 0 Å². The fourth-order valence-corrected chi connectivity index (χ4v) is 3.27. The van der Waals surface area contributed by atoms with E-state index in [-0.39, 0.29) is 12.6 Å². The van der Waals surface area contributed by atoms with Crippen LogP contribution in [0.1, 0.15) is 39.5 Å². The second-order valence-electron chi connectivity index (χ2n) is 4.89. The van der Waals surface area contributed by atoms with E-state index in [1.807, 2.05) is 0 Å². The first-order valence-electron chi connectivity index (χ1n) is 5.78. The van der Waals surface area contributed by atoms with Crippen molar-refractivity contribution < 1.29 is 18.3 Å². The molecule has 0 aromatic rings. The first-order chi connectivity index (χ1) is 7.77. The molecule has 1 fully saturated rings. The van der Waals surface area contributed by atoms with Crippen molar-refractivity contribution in [1.29, 1.82) is 0 Å². The van der Waals surface area contributed by atoms with Gasteiger partial charge in [0.1, 0.15) is 0 Å². The lowest BCUT2D eigenvalue weighted by Gasteiger charge is -2.24. The lowest BCUT2D eigenvalue weighted by Crippen LogP contribution is -2.47. The van der Waals surface area contributed by atoms with E-state index in [0.717, 1.165) is 12.8 Å². The quantitative estimate of drug-likeness (QED) is 0.649. The zero-order valence-corrected chi connectivity index (χ0v) is 11.0. The van der Waals surface area contributed by atoms with Crippen molar-refractivity contribution >= 4 is 16.2 Å². The van der Waals surface area contributed by atoms with Crippen molar-refractivity contribution in [3.05, 3.63) is 0 Å². The number of aliphatic carboxylic acids is 1. The van der Waals surface area contributed by atoms with E-state index < -0.39 is 21.6 Å². The van der Waals surface area contributed by atoms with Crippen LogP contribution in [0.25, 0.3) is 0 Å². The predicted octanol–water partition coefficient (Wildman–Crippen LogP) is 0.464. The van der Waals surface area contributed by atoms with Crippen molar-refractivity contribution in [2.24, 2.45) is 5.41 Å².